The molecule has 0 fully saturated rings. The number of hydrogen-bond acceptors (Lipinski definition) is 1. The lowest BCUT2D eigenvalue weighted by atomic mass is 9.96. The van der Waals surface area contributed by atoms with Crippen molar-refractivity contribution in [1.82, 2.24) is 5.32 Å². The number of nitrogens with one attached hydrogen (secondary N) is 1. The summed E-state index contributed by atoms with van der Waals surface area (Å²) in [6.07, 6.45) is 0. The van der Waals surface area contributed by atoms with E-state index in [4.69, 9.17) is 0 Å². The Bertz CT molecular complexity index is 593. The largest absolute Gasteiger partial charge is 0.306 e. The molecular weight excluding hydrogens is 324 g/mol. The second-order valence-electron chi connectivity index (χ2n) is 4.72. The Balaban J connectivity index is 2.49. The van der Waals surface area contributed by atoms with E-state index in [1.165, 1.54) is 18.2 Å². The van der Waals surface area contributed by atoms with E-state index in [1.54, 1.807) is 12.1 Å². The fraction of sp³-hybridized carbons (Fsp3) is 0.250. The topological polar surface area (TPSA) is 12.0 Å². The van der Waals surface area contributed by atoms with Crippen molar-refractivity contribution in [2.45, 2.75) is 19.9 Å². The minimum atomic E-state index is -0.359. The normalized spacial score (nSPS) is 12.4. The highest BCUT2D eigenvalue weighted by atomic mass is 79.9. The summed E-state index contributed by atoms with van der Waals surface area (Å²) >= 11 is 3.24. The summed E-state index contributed by atoms with van der Waals surface area (Å²) in [5.41, 5.74) is 2.06. The van der Waals surface area contributed by atoms with Crippen molar-refractivity contribution >= 4 is 15.9 Å². The minimum Gasteiger partial charge on any atom is -0.306 e. The van der Waals surface area contributed by atoms with Crippen LogP contribution in [0, 0.1) is 18.6 Å². The van der Waals surface area contributed by atoms with E-state index in [0.717, 1.165) is 11.1 Å². The molecule has 0 aliphatic rings. The summed E-state index contributed by atoms with van der Waals surface area (Å²) in [6.45, 7) is 4.43. The van der Waals surface area contributed by atoms with Crippen LogP contribution in [0.4, 0.5) is 8.78 Å². The van der Waals surface area contributed by atoms with E-state index < -0.39 is 0 Å². The zero-order valence-corrected chi connectivity index (χ0v) is 13.0. The average molecular weight is 340 g/mol. The number of aryl methyl sites for hydroxylation is 1. The lowest BCUT2D eigenvalue weighted by Crippen LogP contribution is -2.23. The molecule has 106 valence electrons. The van der Waals surface area contributed by atoms with Gasteiger partial charge in [0.05, 0.1) is 6.04 Å². The quantitative estimate of drug-likeness (QED) is 0.848. The first-order chi connectivity index (χ1) is 9.51. The van der Waals surface area contributed by atoms with Gasteiger partial charge in [-0.2, -0.15) is 0 Å². The average Bonchev–Trinajstić information content (AvgIpc) is 2.35. The van der Waals surface area contributed by atoms with Crippen LogP contribution in [0.3, 0.4) is 0 Å². The molecule has 0 saturated carbocycles. The van der Waals surface area contributed by atoms with Crippen molar-refractivity contribution < 1.29 is 8.78 Å². The first-order valence-electron chi connectivity index (χ1n) is 6.46. The van der Waals surface area contributed by atoms with Crippen LogP contribution in [0.1, 0.15) is 29.7 Å². The van der Waals surface area contributed by atoms with Gasteiger partial charge >= 0.3 is 0 Å². The third kappa shape index (κ3) is 3.44. The maximum Gasteiger partial charge on any atom is 0.129 e. The Hall–Kier alpha value is -1.26. The minimum absolute atomic E-state index is 0.305. The van der Waals surface area contributed by atoms with Crippen molar-refractivity contribution in [3.63, 3.8) is 0 Å². The first-order valence-corrected chi connectivity index (χ1v) is 7.26. The molecule has 0 amide bonds. The molecule has 1 nitrogen and oxygen atoms in total. The third-order valence-corrected chi connectivity index (χ3v) is 3.57. The maximum absolute atomic E-state index is 14.1. The fourth-order valence-electron chi connectivity index (χ4n) is 2.28. The SMILES string of the molecule is CCNC(c1cc(C)cc(F)c1)c1ccc(Br)cc1F. The molecule has 1 unspecified atom stereocenters. The van der Waals surface area contributed by atoms with Gasteiger partial charge in [0.2, 0.25) is 0 Å². The molecule has 1 atom stereocenters. The summed E-state index contributed by atoms with van der Waals surface area (Å²) in [5, 5.41) is 3.21. The van der Waals surface area contributed by atoms with Crippen LogP contribution in [-0.4, -0.2) is 6.54 Å². The highest BCUT2D eigenvalue weighted by Gasteiger charge is 2.18. The van der Waals surface area contributed by atoms with Gasteiger partial charge < -0.3 is 5.32 Å². The Labute approximate surface area is 126 Å². The highest BCUT2D eigenvalue weighted by molar-refractivity contribution is 9.10. The van der Waals surface area contributed by atoms with Crippen LogP contribution >= 0.6 is 15.9 Å². The van der Waals surface area contributed by atoms with Gasteiger partial charge in [-0.1, -0.05) is 35.0 Å². The van der Waals surface area contributed by atoms with Crippen LogP contribution < -0.4 is 5.32 Å². The molecule has 0 aliphatic heterocycles. The van der Waals surface area contributed by atoms with Crippen molar-refractivity contribution in [3.8, 4) is 0 Å². The number of benzene rings is 2. The summed E-state index contributed by atoms with van der Waals surface area (Å²) in [7, 11) is 0. The van der Waals surface area contributed by atoms with Crippen LogP contribution in [0.25, 0.3) is 0 Å². The van der Waals surface area contributed by atoms with Gasteiger partial charge in [0, 0.05) is 10.0 Å². The van der Waals surface area contributed by atoms with Crippen LogP contribution in [0.2, 0.25) is 0 Å². The molecule has 0 saturated heterocycles. The third-order valence-electron chi connectivity index (χ3n) is 3.08. The second kappa shape index (κ2) is 6.46. The van der Waals surface area contributed by atoms with Gasteiger partial charge in [-0.3, -0.25) is 0 Å². The van der Waals surface area contributed by atoms with Crippen molar-refractivity contribution in [2.24, 2.45) is 0 Å². The molecule has 20 heavy (non-hydrogen) atoms. The first kappa shape index (κ1) is 15.1. The zero-order chi connectivity index (χ0) is 14.7. The molecule has 2 rings (SSSR count). The van der Waals surface area contributed by atoms with E-state index in [1.807, 2.05) is 19.9 Å². The monoisotopic (exact) mass is 339 g/mol. The molecule has 0 radical (unpaired) electrons. The van der Waals surface area contributed by atoms with Crippen LogP contribution in [0.5, 0.6) is 0 Å². The Kier molecular flexibility index (Phi) is 4.89. The molecule has 2 aromatic rings. The van der Waals surface area contributed by atoms with E-state index in [-0.39, 0.29) is 17.7 Å². The molecule has 0 spiro atoms. The van der Waals surface area contributed by atoms with E-state index in [9.17, 15) is 8.78 Å². The van der Waals surface area contributed by atoms with Gasteiger partial charge in [0.25, 0.3) is 0 Å². The Morgan fingerprint density at radius 2 is 1.90 bits per heavy atom. The molecule has 0 heterocycles. The predicted molar refractivity (Wildman–Crippen MR) is 80.8 cm³/mol. The smallest absolute Gasteiger partial charge is 0.129 e. The lowest BCUT2D eigenvalue weighted by molar-refractivity contribution is 0.553. The molecule has 2 aromatic carbocycles. The molecule has 0 aliphatic carbocycles. The summed E-state index contributed by atoms with van der Waals surface area (Å²) < 4.78 is 28.4. The number of halogens is 3. The molecule has 0 aromatic heterocycles. The van der Waals surface area contributed by atoms with Crippen LogP contribution in [0.15, 0.2) is 40.9 Å². The zero-order valence-electron chi connectivity index (χ0n) is 11.4. The summed E-state index contributed by atoms with van der Waals surface area (Å²) in [6, 6.07) is 9.35. The van der Waals surface area contributed by atoms with Gasteiger partial charge in [-0.25, -0.2) is 8.78 Å². The second-order valence-corrected chi connectivity index (χ2v) is 5.63. The van der Waals surface area contributed by atoms with E-state index in [2.05, 4.69) is 21.2 Å². The predicted octanol–water partition coefficient (Wildman–Crippen LogP) is 4.73. The molecule has 1 N–H and O–H groups in total. The molecular formula is C16H16BrF2N. The lowest BCUT2D eigenvalue weighted by Gasteiger charge is -2.20. The highest BCUT2D eigenvalue weighted by Crippen LogP contribution is 2.27. The van der Waals surface area contributed by atoms with Crippen molar-refractivity contribution in [1.29, 1.82) is 0 Å². The molecule has 0 bridgehead atoms. The number of rotatable bonds is 4. The number of hydrogen-bond donors (Lipinski definition) is 1. The fourth-order valence-corrected chi connectivity index (χ4v) is 2.61. The summed E-state index contributed by atoms with van der Waals surface area (Å²) in [5.74, 6) is -0.618. The molecule has 4 heteroatoms. The Morgan fingerprint density at radius 1 is 1.15 bits per heavy atom. The van der Waals surface area contributed by atoms with Crippen molar-refractivity contribution in [2.75, 3.05) is 6.54 Å². The Morgan fingerprint density at radius 3 is 2.50 bits per heavy atom. The standard InChI is InChI=1S/C16H16BrF2N/c1-3-20-16(11-6-10(2)7-13(18)8-11)14-5-4-12(17)9-15(14)19/h4-9,16,20H,3H2,1-2H3. The van der Waals surface area contributed by atoms with E-state index >= 15 is 0 Å². The van der Waals surface area contributed by atoms with Crippen LogP contribution in [-0.2, 0) is 0 Å². The summed E-state index contributed by atoms with van der Waals surface area (Å²) in [4.78, 5) is 0. The van der Waals surface area contributed by atoms with Gasteiger partial charge in [0.1, 0.15) is 11.6 Å². The van der Waals surface area contributed by atoms with Gasteiger partial charge in [-0.15, -0.1) is 0 Å². The van der Waals surface area contributed by atoms with Gasteiger partial charge in [0.15, 0.2) is 0 Å². The van der Waals surface area contributed by atoms with Crippen molar-refractivity contribution in [3.05, 3.63) is 69.2 Å². The van der Waals surface area contributed by atoms with Gasteiger partial charge in [-0.05, 0) is 48.9 Å². The van der Waals surface area contributed by atoms with E-state index in [0.29, 0.717) is 16.6 Å². The maximum atomic E-state index is 14.1.